The topological polar surface area (TPSA) is 68.2 Å². The number of fused-ring (bicyclic) bond motifs is 1. The normalized spacial score (nSPS) is 19.8. The van der Waals surface area contributed by atoms with Crippen molar-refractivity contribution in [3.63, 3.8) is 0 Å². The second-order valence-electron chi connectivity index (χ2n) is 6.96. The molecular weight excluding hydrogens is 316 g/mol. The van der Waals surface area contributed by atoms with Crippen LogP contribution in [0.5, 0.6) is 0 Å². The number of urea groups is 1. The van der Waals surface area contributed by atoms with Crippen LogP contribution < -0.4 is 10.6 Å². The van der Waals surface area contributed by atoms with Crippen LogP contribution in [0.2, 0.25) is 0 Å². The first-order valence-corrected chi connectivity index (χ1v) is 8.99. The molecule has 2 N–H and O–H groups in total. The summed E-state index contributed by atoms with van der Waals surface area (Å²) in [6.07, 6.45) is 7.81. The van der Waals surface area contributed by atoms with Gasteiger partial charge in [0.05, 0.1) is 25.5 Å². The van der Waals surface area contributed by atoms with E-state index in [1.165, 1.54) is 19.3 Å². The van der Waals surface area contributed by atoms with Gasteiger partial charge < -0.3 is 15.4 Å². The van der Waals surface area contributed by atoms with E-state index in [9.17, 15) is 4.79 Å². The van der Waals surface area contributed by atoms with Crippen LogP contribution in [0.4, 0.5) is 4.79 Å². The van der Waals surface area contributed by atoms with Crippen LogP contribution in [0.1, 0.15) is 42.0 Å². The monoisotopic (exact) mass is 340 g/mol. The zero-order valence-corrected chi connectivity index (χ0v) is 14.3. The molecule has 1 aromatic heterocycles. The summed E-state index contributed by atoms with van der Waals surface area (Å²) >= 11 is 0. The lowest BCUT2D eigenvalue weighted by atomic mass is 9.85. The molecule has 1 fully saturated rings. The van der Waals surface area contributed by atoms with Gasteiger partial charge in [-0.1, -0.05) is 30.7 Å². The molecule has 132 valence electrons. The average Bonchev–Trinajstić information content (AvgIpc) is 3.04. The maximum atomic E-state index is 12.2. The number of hydrogen-bond acceptors (Lipinski definition) is 3. The Labute approximate surface area is 147 Å². The minimum absolute atomic E-state index is 0.105. The van der Waals surface area contributed by atoms with Crippen molar-refractivity contribution in [1.82, 2.24) is 20.4 Å². The Kier molecular flexibility index (Phi) is 4.70. The number of nitrogens with zero attached hydrogens (tertiary/aromatic N) is 2. The van der Waals surface area contributed by atoms with E-state index in [0.29, 0.717) is 19.8 Å². The Morgan fingerprint density at radius 1 is 1.32 bits per heavy atom. The highest BCUT2D eigenvalue weighted by Gasteiger charge is 2.22. The third kappa shape index (κ3) is 3.85. The van der Waals surface area contributed by atoms with Gasteiger partial charge in [-0.25, -0.2) is 4.79 Å². The highest BCUT2D eigenvalue weighted by Crippen LogP contribution is 2.27. The van der Waals surface area contributed by atoms with Crippen molar-refractivity contribution < 1.29 is 9.53 Å². The largest absolute Gasteiger partial charge is 0.374 e. The highest BCUT2D eigenvalue weighted by atomic mass is 16.5. The van der Waals surface area contributed by atoms with Crippen LogP contribution in [-0.2, 0) is 24.4 Å². The summed E-state index contributed by atoms with van der Waals surface area (Å²) in [5, 5.41) is 10.3. The molecule has 2 heterocycles. The first-order chi connectivity index (χ1) is 12.3. The van der Waals surface area contributed by atoms with E-state index in [1.54, 1.807) is 0 Å². The Balaban J connectivity index is 1.28. The molecule has 2 aromatic rings. The quantitative estimate of drug-likeness (QED) is 0.879. The lowest BCUT2D eigenvalue weighted by molar-refractivity contribution is 0.0843. The summed E-state index contributed by atoms with van der Waals surface area (Å²) in [5.74, 6) is 0.773. The maximum absolute atomic E-state index is 12.2. The fraction of sp³-hybridized carbons (Fsp3) is 0.474. The first kappa shape index (κ1) is 16.1. The standard InChI is InChI=1S/C19H24N4O2/c24-19(22-18-13-25-12-16-6-1-2-7-17(16)18)20-8-15-9-21-23(11-15)10-14-4-3-5-14/h1-2,6-7,9,11,14,18H,3-5,8,10,12-13H2,(H2,20,22,24). The van der Waals surface area contributed by atoms with Crippen molar-refractivity contribution >= 4 is 6.03 Å². The van der Waals surface area contributed by atoms with Gasteiger partial charge in [0, 0.05) is 24.8 Å². The molecule has 0 saturated heterocycles. The molecule has 1 aliphatic heterocycles. The van der Waals surface area contributed by atoms with Gasteiger partial charge in [-0.15, -0.1) is 0 Å². The Morgan fingerprint density at radius 2 is 2.20 bits per heavy atom. The van der Waals surface area contributed by atoms with Crippen molar-refractivity contribution in [1.29, 1.82) is 0 Å². The molecule has 1 atom stereocenters. The molecule has 2 aliphatic rings. The zero-order chi connectivity index (χ0) is 17.1. The molecule has 1 unspecified atom stereocenters. The van der Waals surface area contributed by atoms with Crippen molar-refractivity contribution in [2.75, 3.05) is 6.61 Å². The summed E-state index contributed by atoms with van der Waals surface area (Å²) in [5.41, 5.74) is 3.29. The van der Waals surface area contributed by atoms with E-state index < -0.39 is 0 Å². The number of carbonyl (C=O) groups excluding carboxylic acids is 1. The fourth-order valence-electron chi connectivity index (χ4n) is 3.43. The second-order valence-corrected chi connectivity index (χ2v) is 6.96. The van der Waals surface area contributed by atoms with Gasteiger partial charge in [0.15, 0.2) is 0 Å². The smallest absolute Gasteiger partial charge is 0.315 e. The van der Waals surface area contributed by atoms with Crippen molar-refractivity contribution in [3.05, 3.63) is 53.3 Å². The summed E-state index contributed by atoms with van der Waals surface area (Å²) in [7, 11) is 0. The van der Waals surface area contributed by atoms with E-state index >= 15 is 0 Å². The fourth-order valence-corrected chi connectivity index (χ4v) is 3.43. The van der Waals surface area contributed by atoms with Crippen molar-refractivity contribution in [2.24, 2.45) is 5.92 Å². The molecule has 4 rings (SSSR count). The summed E-state index contributed by atoms with van der Waals surface area (Å²) in [6.45, 7) is 2.58. The van der Waals surface area contributed by atoms with Crippen molar-refractivity contribution in [3.8, 4) is 0 Å². The van der Waals surface area contributed by atoms with E-state index in [4.69, 9.17) is 4.74 Å². The van der Waals surface area contributed by atoms with E-state index in [1.807, 2.05) is 41.3 Å². The predicted molar refractivity (Wildman–Crippen MR) is 93.8 cm³/mol. The number of rotatable bonds is 5. The van der Waals surface area contributed by atoms with Gasteiger partial charge >= 0.3 is 6.03 Å². The number of carbonyl (C=O) groups is 1. The van der Waals surface area contributed by atoms with Crippen LogP contribution in [-0.4, -0.2) is 22.4 Å². The maximum Gasteiger partial charge on any atom is 0.315 e. The van der Waals surface area contributed by atoms with Crippen molar-refractivity contribution in [2.45, 2.75) is 45.0 Å². The lowest BCUT2D eigenvalue weighted by Crippen LogP contribution is -2.40. The van der Waals surface area contributed by atoms with Gasteiger partial charge in [-0.2, -0.15) is 5.10 Å². The molecule has 0 bridgehead atoms. The lowest BCUT2D eigenvalue weighted by Gasteiger charge is -2.26. The molecule has 6 heteroatoms. The van der Waals surface area contributed by atoms with Crippen LogP contribution in [0, 0.1) is 5.92 Å². The third-order valence-electron chi connectivity index (χ3n) is 5.09. The Morgan fingerprint density at radius 3 is 3.04 bits per heavy atom. The number of benzene rings is 1. The highest BCUT2D eigenvalue weighted by molar-refractivity contribution is 5.74. The van der Waals surface area contributed by atoms with Gasteiger partial charge in [0.2, 0.25) is 0 Å². The molecule has 0 radical (unpaired) electrons. The number of nitrogens with one attached hydrogen (secondary N) is 2. The second kappa shape index (κ2) is 7.27. The van der Waals surface area contributed by atoms with E-state index in [2.05, 4.69) is 15.7 Å². The van der Waals surface area contributed by atoms with Crippen LogP contribution in [0.25, 0.3) is 0 Å². The summed E-state index contributed by atoms with van der Waals surface area (Å²) < 4.78 is 7.56. The molecule has 1 aliphatic carbocycles. The number of hydrogen-bond donors (Lipinski definition) is 2. The number of amides is 2. The Bertz CT molecular complexity index is 739. The number of ether oxygens (including phenoxy) is 1. The van der Waals surface area contributed by atoms with Gasteiger partial charge in [0.25, 0.3) is 0 Å². The summed E-state index contributed by atoms with van der Waals surface area (Å²) in [6, 6.07) is 7.78. The SMILES string of the molecule is O=C(NCc1cnn(CC2CCC2)c1)NC1COCc2ccccc21. The third-order valence-corrected chi connectivity index (χ3v) is 5.09. The van der Waals surface area contributed by atoms with Crippen LogP contribution in [0.15, 0.2) is 36.7 Å². The molecule has 2 amide bonds. The molecule has 1 aromatic carbocycles. The molecule has 6 nitrogen and oxygen atoms in total. The van der Waals surface area contributed by atoms with E-state index in [0.717, 1.165) is 29.2 Å². The zero-order valence-electron chi connectivity index (χ0n) is 14.3. The Hall–Kier alpha value is -2.34. The average molecular weight is 340 g/mol. The molecule has 0 spiro atoms. The van der Waals surface area contributed by atoms with Gasteiger partial charge in [0.1, 0.15) is 0 Å². The van der Waals surface area contributed by atoms with E-state index in [-0.39, 0.29) is 12.1 Å². The minimum Gasteiger partial charge on any atom is -0.374 e. The van der Waals surface area contributed by atoms with Crippen LogP contribution in [0.3, 0.4) is 0 Å². The molecule has 25 heavy (non-hydrogen) atoms. The summed E-state index contributed by atoms with van der Waals surface area (Å²) in [4.78, 5) is 12.2. The molecular formula is C19H24N4O2. The first-order valence-electron chi connectivity index (χ1n) is 8.99. The number of aromatic nitrogens is 2. The van der Waals surface area contributed by atoms with Gasteiger partial charge in [-0.05, 0) is 29.9 Å². The molecule has 1 saturated carbocycles. The minimum atomic E-state index is -0.183. The van der Waals surface area contributed by atoms with Gasteiger partial charge in [-0.3, -0.25) is 4.68 Å². The van der Waals surface area contributed by atoms with Crippen LogP contribution >= 0.6 is 0 Å². The predicted octanol–water partition coefficient (Wildman–Crippen LogP) is 2.75.